The smallest absolute Gasteiger partial charge is 0.287 e. The summed E-state index contributed by atoms with van der Waals surface area (Å²) >= 11 is 6.17. The number of hydrogen-bond acceptors (Lipinski definition) is 3. The summed E-state index contributed by atoms with van der Waals surface area (Å²) in [5.41, 5.74) is 1.65. The van der Waals surface area contributed by atoms with E-state index in [9.17, 15) is 4.79 Å². The van der Waals surface area contributed by atoms with Crippen molar-refractivity contribution in [3.05, 3.63) is 77.0 Å². The molecule has 1 aromatic heterocycles. The van der Waals surface area contributed by atoms with Gasteiger partial charge < -0.3 is 14.5 Å². The van der Waals surface area contributed by atoms with Crippen molar-refractivity contribution >= 4 is 17.5 Å². The van der Waals surface area contributed by atoms with Crippen LogP contribution in [0.15, 0.2) is 65.1 Å². The Balaban J connectivity index is 1.77. The van der Waals surface area contributed by atoms with Crippen molar-refractivity contribution in [2.45, 2.75) is 13.0 Å². The first-order chi connectivity index (χ1) is 12.1. The normalized spacial score (nSPS) is 11.8. The van der Waals surface area contributed by atoms with Crippen molar-refractivity contribution in [3.63, 3.8) is 0 Å². The van der Waals surface area contributed by atoms with E-state index in [1.54, 1.807) is 25.3 Å². The molecule has 1 amide bonds. The minimum absolute atomic E-state index is 0.225. The molecule has 0 aliphatic heterocycles. The zero-order valence-corrected chi connectivity index (χ0v) is 14.7. The summed E-state index contributed by atoms with van der Waals surface area (Å²) in [5.74, 6) is 1.22. The first kappa shape index (κ1) is 17.1. The summed E-state index contributed by atoms with van der Waals surface area (Å²) < 4.78 is 11.0. The Morgan fingerprint density at radius 1 is 1.08 bits per heavy atom. The molecule has 0 unspecified atom stereocenters. The Labute approximate surface area is 151 Å². The maximum atomic E-state index is 12.5. The second-order valence-electron chi connectivity index (χ2n) is 5.58. The summed E-state index contributed by atoms with van der Waals surface area (Å²) in [6, 6.07) is 18.1. The molecule has 1 N–H and O–H groups in total. The number of furan rings is 1. The summed E-state index contributed by atoms with van der Waals surface area (Å²) in [6.45, 7) is 1.90. The third-order valence-corrected chi connectivity index (χ3v) is 4.25. The average molecular weight is 356 g/mol. The van der Waals surface area contributed by atoms with Crippen LogP contribution in [0, 0.1) is 0 Å². The van der Waals surface area contributed by atoms with E-state index < -0.39 is 0 Å². The van der Waals surface area contributed by atoms with Crippen LogP contribution in [0.25, 0.3) is 11.3 Å². The van der Waals surface area contributed by atoms with Crippen molar-refractivity contribution < 1.29 is 13.9 Å². The number of ether oxygens (including phenoxy) is 1. The fourth-order valence-electron chi connectivity index (χ4n) is 2.64. The van der Waals surface area contributed by atoms with Crippen LogP contribution in [-0.2, 0) is 0 Å². The van der Waals surface area contributed by atoms with Crippen LogP contribution in [0.4, 0.5) is 0 Å². The third kappa shape index (κ3) is 3.69. The minimum atomic E-state index is -0.295. The van der Waals surface area contributed by atoms with E-state index in [1.165, 1.54) is 0 Å². The van der Waals surface area contributed by atoms with Crippen molar-refractivity contribution in [2.24, 2.45) is 0 Å². The molecule has 0 saturated carbocycles. The number of halogens is 1. The van der Waals surface area contributed by atoms with Crippen molar-refractivity contribution in [1.29, 1.82) is 0 Å². The van der Waals surface area contributed by atoms with E-state index >= 15 is 0 Å². The standard InChI is InChI=1S/C20H18ClNO3/c1-13(14-7-4-6-10-17(14)24-2)22-20(23)19-12-11-18(25-19)15-8-3-5-9-16(15)21/h3-13H,1-2H3,(H,22,23)/t13-/m1/s1. The van der Waals surface area contributed by atoms with Gasteiger partial charge in [-0.3, -0.25) is 4.79 Å². The second-order valence-corrected chi connectivity index (χ2v) is 5.99. The van der Waals surface area contributed by atoms with Crippen LogP contribution in [0.3, 0.4) is 0 Å². The number of para-hydroxylation sites is 1. The molecule has 3 aromatic rings. The van der Waals surface area contributed by atoms with Crippen LogP contribution in [0.1, 0.15) is 29.1 Å². The number of rotatable bonds is 5. The number of amides is 1. The second kappa shape index (κ2) is 7.45. The molecular formula is C20H18ClNO3. The quantitative estimate of drug-likeness (QED) is 0.692. The molecule has 25 heavy (non-hydrogen) atoms. The van der Waals surface area contributed by atoms with E-state index in [0.717, 1.165) is 16.9 Å². The first-order valence-corrected chi connectivity index (χ1v) is 8.26. The zero-order chi connectivity index (χ0) is 17.8. The number of carbonyl (C=O) groups excluding carboxylic acids is 1. The lowest BCUT2D eigenvalue weighted by molar-refractivity contribution is 0.0912. The predicted octanol–water partition coefficient (Wildman–Crippen LogP) is 5.10. The maximum absolute atomic E-state index is 12.5. The molecule has 2 aromatic carbocycles. The molecule has 0 fully saturated rings. The van der Waals surface area contributed by atoms with Gasteiger partial charge in [-0.15, -0.1) is 0 Å². The lowest BCUT2D eigenvalue weighted by Gasteiger charge is -2.16. The van der Waals surface area contributed by atoms with Crippen LogP contribution in [0.2, 0.25) is 5.02 Å². The van der Waals surface area contributed by atoms with Gasteiger partial charge in [0.15, 0.2) is 5.76 Å². The number of methoxy groups -OCH3 is 1. The van der Waals surface area contributed by atoms with Gasteiger partial charge in [0.25, 0.3) is 5.91 Å². The highest BCUT2D eigenvalue weighted by Crippen LogP contribution is 2.29. The number of hydrogen-bond donors (Lipinski definition) is 1. The number of benzene rings is 2. The molecule has 0 saturated heterocycles. The van der Waals surface area contributed by atoms with E-state index in [-0.39, 0.29) is 17.7 Å². The predicted molar refractivity (Wildman–Crippen MR) is 98.0 cm³/mol. The molecule has 0 bridgehead atoms. The Morgan fingerprint density at radius 3 is 2.56 bits per heavy atom. The van der Waals surface area contributed by atoms with E-state index in [1.807, 2.05) is 49.4 Å². The monoisotopic (exact) mass is 355 g/mol. The van der Waals surface area contributed by atoms with Crippen LogP contribution in [0.5, 0.6) is 5.75 Å². The van der Waals surface area contributed by atoms with Crippen molar-refractivity contribution in [3.8, 4) is 17.1 Å². The Bertz CT molecular complexity index is 888. The Kier molecular flexibility index (Phi) is 5.10. The first-order valence-electron chi connectivity index (χ1n) is 7.88. The van der Waals surface area contributed by atoms with Crippen molar-refractivity contribution in [1.82, 2.24) is 5.32 Å². The number of nitrogens with one attached hydrogen (secondary N) is 1. The van der Waals surface area contributed by atoms with E-state index in [2.05, 4.69) is 5.32 Å². The summed E-state index contributed by atoms with van der Waals surface area (Å²) in [4.78, 5) is 12.5. The van der Waals surface area contributed by atoms with Gasteiger partial charge in [-0.25, -0.2) is 0 Å². The van der Waals surface area contributed by atoms with Gasteiger partial charge in [0.1, 0.15) is 11.5 Å². The maximum Gasteiger partial charge on any atom is 0.287 e. The molecule has 5 heteroatoms. The van der Waals surface area contributed by atoms with Crippen LogP contribution in [-0.4, -0.2) is 13.0 Å². The Hall–Kier alpha value is -2.72. The lowest BCUT2D eigenvalue weighted by atomic mass is 10.1. The molecular weight excluding hydrogens is 338 g/mol. The highest BCUT2D eigenvalue weighted by Gasteiger charge is 2.18. The molecule has 0 spiro atoms. The molecule has 128 valence electrons. The van der Waals surface area contributed by atoms with Gasteiger partial charge in [0, 0.05) is 11.1 Å². The molecule has 4 nitrogen and oxygen atoms in total. The fourth-order valence-corrected chi connectivity index (χ4v) is 2.86. The van der Waals surface area contributed by atoms with Gasteiger partial charge >= 0.3 is 0 Å². The zero-order valence-electron chi connectivity index (χ0n) is 14.0. The molecule has 1 heterocycles. The Morgan fingerprint density at radius 2 is 1.80 bits per heavy atom. The molecule has 3 rings (SSSR count). The van der Waals surface area contributed by atoms with Gasteiger partial charge in [-0.2, -0.15) is 0 Å². The molecule has 0 radical (unpaired) electrons. The average Bonchev–Trinajstić information content (AvgIpc) is 3.12. The highest BCUT2D eigenvalue weighted by atomic mass is 35.5. The van der Waals surface area contributed by atoms with Gasteiger partial charge in [0.05, 0.1) is 18.2 Å². The molecule has 0 aliphatic carbocycles. The number of carbonyl (C=O) groups is 1. The van der Waals surface area contributed by atoms with E-state index in [0.29, 0.717) is 10.8 Å². The van der Waals surface area contributed by atoms with Gasteiger partial charge in [0.2, 0.25) is 0 Å². The van der Waals surface area contributed by atoms with Crippen molar-refractivity contribution in [2.75, 3.05) is 7.11 Å². The summed E-state index contributed by atoms with van der Waals surface area (Å²) in [6.07, 6.45) is 0. The molecule has 1 atom stereocenters. The highest BCUT2D eigenvalue weighted by molar-refractivity contribution is 6.33. The van der Waals surface area contributed by atoms with Crippen LogP contribution < -0.4 is 10.1 Å². The summed E-state index contributed by atoms with van der Waals surface area (Å²) in [7, 11) is 1.61. The topological polar surface area (TPSA) is 51.5 Å². The fraction of sp³-hybridized carbons (Fsp3) is 0.150. The lowest BCUT2D eigenvalue weighted by Crippen LogP contribution is -2.26. The summed E-state index contributed by atoms with van der Waals surface area (Å²) in [5, 5.41) is 3.50. The third-order valence-electron chi connectivity index (χ3n) is 3.92. The van der Waals surface area contributed by atoms with E-state index in [4.69, 9.17) is 20.8 Å². The SMILES string of the molecule is COc1ccccc1[C@@H](C)NC(=O)c1ccc(-c2ccccc2Cl)o1. The van der Waals surface area contributed by atoms with Gasteiger partial charge in [-0.05, 0) is 37.3 Å². The largest absolute Gasteiger partial charge is 0.496 e. The molecule has 0 aliphatic rings. The minimum Gasteiger partial charge on any atom is -0.496 e. The van der Waals surface area contributed by atoms with Gasteiger partial charge in [-0.1, -0.05) is 41.9 Å². The van der Waals surface area contributed by atoms with Crippen LogP contribution >= 0.6 is 11.6 Å².